The number of carbonyl (C=O) groups is 1. The van der Waals surface area contributed by atoms with Crippen LogP contribution in [0.5, 0.6) is 0 Å². The van der Waals surface area contributed by atoms with E-state index in [1.165, 1.54) is 0 Å². The Morgan fingerprint density at radius 2 is 2.31 bits per heavy atom. The first-order chi connectivity index (χ1) is 6.24. The zero-order chi connectivity index (χ0) is 9.68. The van der Waals surface area contributed by atoms with Gasteiger partial charge in [-0.2, -0.15) is 0 Å². The van der Waals surface area contributed by atoms with E-state index in [2.05, 4.69) is 10.3 Å². The molecule has 1 amide bonds. The van der Waals surface area contributed by atoms with Gasteiger partial charge < -0.3 is 16.8 Å². The maximum Gasteiger partial charge on any atom is 0.267 e. The standard InChI is InChI=1S/C8H12N4O/c9-4-5-11-7-3-1-2-6(12-7)8(10)13/h1-3H,4-5,9H2,(H2,10,13)(H,11,12). The van der Waals surface area contributed by atoms with Crippen molar-refractivity contribution in [1.29, 1.82) is 0 Å². The molecule has 0 bridgehead atoms. The summed E-state index contributed by atoms with van der Waals surface area (Å²) in [4.78, 5) is 14.7. The number of rotatable bonds is 4. The summed E-state index contributed by atoms with van der Waals surface area (Å²) in [6.07, 6.45) is 0. The Kier molecular flexibility index (Phi) is 3.22. The molecule has 0 aliphatic heterocycles. The SMILES string of the molecule is NCCNc1cccc(C(N)=O)n1. The van der Waals surface area contributed by atoms with Gasteiger partial charge in [-0.15, -0.1) is 0 Å². The van der Waals surface area contributed by atoms with Crippen molar-refractivity contribution in [3.8, 4) is 0 Å². The van der Waals surface area contributed by atoms with Crippen molar-refractivity contribution < 1.29 is 4.79 Å². The molecule has 0 aromatic carbocycles. The molecule has 5 N–H and O–H groups in total. The van der Waals surface area contributed by atoms with Crippen LogP contribution in [0.1, 0.15) is 10.5 Å². The van der Waals surface area contributed by atoms with Crippen LogP contribution in [-0.4, -0.2) is 24.0 Å². The van der Waals surface area contributed by atoms with Crippen molar-refractivity contribution in [2.24, 2.45) is 11.5 Å². The monoisotopic (exact) mass is 180 g/mol. The van der Waals surface area contributed by atoms with Gasteiger partial charge in [0.25, 0.3) is 5.91 Å². The van der Waals surface area contributed by atoms with E-state index >= 15 is 0 Å². The highest BCUT2D eigenvalue weighted by Gasteiger charge is 2.01. The van der Waals surface area contributed by atoms with Crippen LogP contribution in [0, 0.1) is 0 Å². The molecule has 0 unspecified atom stereocenters. The lowest BCUT2D eigenvalue weighted by Gasteiger charge is -2.03. The number of anilines is 1. The van der Waals surface area contributed by atoms with Gasteiger partial charge in [-0.25, -0.2) is 4.98 Å². The molecule has 70 valence electrons. The topological polar surface area (TPSA) is 94.0 Å². The third-order valence-electron chi connectivity index (χ3n) is 1.45. The summed E-state index contributed by atoms with van der Waals surface area (Å²) < 4.78 is 0. The third kappa shape index (κ3) is 2.72. The van der Waals surface area contributed by atoms with Crippen LogP contribution in [0.15, 0.2) is 18.2 Å². The van der Waals surface area contributed by atoms with Gasteiger partial charge in [0.1, 0.15) is 11.5 Å². The Hall–Kier alpha value is -1.62. The maximum absolute atomic E-state index is 10.7. The molecule has 0 aliphatic carbocycles. The number of aromatic nitrogens is 1. The minimum Gasteiger partial charge on any atom is -0.369 e. The summed E-state index contributed by atoms with van der Waals surface area (Å²) in [5.41, 5.74) is 10.6. The van der Waals surface area contributed by atoms with Crippen molar-refractivity contribution in [3.63, 3.8) is 0 Å². The highest BCUT2D eigenvalue weighted by Crippen LogP contribution is 2.03. The quantitative estimate of drug-likeness (QED) is 0.585. The predicted molar refractivity (Wildman–Crippen MR) is 50.3 cm³/mol. The van der Waals surface area contributed by atoms with Crippen LogP contribution in [-0.2, 0) is 0 Å². The summed E-state index contributed by atoms with van der Waals surface area (Å²) in [5.74, 6) is 0.0816. The fraction of sp³-hybridized carbons (Fsp3) is 0.250. The number of pyridine rings is 1. The fourth-order valence-corrected chi connectivity index (χ4v) is 0.871. The number of amides is 1. The zero-order valence-corrected chi connectivity index (χ0v) is 7.16. The average molecular weight is 180 g/mol. The van der Waals surface area contributed by atoms with E-state index in [9.17, 15) is 4.79 Å². The number of hydrogen-bond donors (Lipinski definition) is 3. The summed E-state index contributed by atoms with van der Waals surface area (Å²) >= 11 is 0. The molecule has 0 saturated heterocycles. The van der Waals surface area contributed by atoms with Gasteiger partial charge in [-0.05, 0) is 12.1 Å². The molecule has 13 heavy (non-hydrogen) atoms. The number of carbonyl (C=O) groups excluding carboxylic acids is 1. The molecule has 0 aliphatic rings. The van der Waals surface area contributed by atoms with Gasteiger partial charge in [0.15, 0.2) is 0 Å². The van der Waals surface area contributed by atoms with Crippen molar-refractivity contribution in [2.45, 2.75) is 0 Å². The number of nitrogens with zero attached hydrogens (tertiary/aromatic N) is 1. The van der Waals surface area contributed by atoms with Crippen molar-refractivity contribution in [2.75, 3.05) is 18.4 Å². The van der Waals surface area contributed by atoms with Crippen LogP contribution < -0.4 is 16.8 Å². The van der Waals surface area contributed by atoms with Crippen molar-refractivity contribution >= 4 is 11.7 Å². The molecule has 0 fully saturated rings. The minimum absolute atomic E-state index is 0.252. The largest absolute Gasteiger partial charge is 0.369 e. The van der Waals surface area contributed by atoms with Gasteiger partial charge >= 0.3 is 0 Å². The van der Waals surface area contributed by atoms with E-state index in [0.717, 1.165) is 0 Å². The Labute approximate surface area is 76.1 Å². The molecule has 1 aromatic heterocycles. The number of nitrogens with two attached hydrogens (primary N) is 2. The van der Waals surface area contributed by atoms with Gasteiger partial charge in [0.2, 0.25) is 0 Å². The molecule has 5 nitrogen and oxygen atoms in total. The zero-order valence-electron chi connectivity index (χ0n) is 7.16. The highest BCUT2D eigenvalue weighted by atomic mass is 16.1. The van der Waals surface area contributed by atoms with Gasteiger partial charge in [-0.3, -0.25) is 4.79 Å². The first-order valence-corrected chi connectivity index (χ1v) is 3.95. The van der Waals surface area contributed by atoms with E-state index in [1.807, 2.05) is 0 Å². The molecule has 0 radical (unpaired) electrons. The van der Waals surface area contributed by atoms with Crippen molar-refractivity contribution in [3.05, 3.63) is 23.9 Å². The van der Waals surface area contributed by atoms with E-state index in [1.54, 1.807) is 18.2 Å². The fourth-order valence-electron chi connectivity index (χ4n) is 0.871. The molecule has 1 rings (SSSR count). The molecule has 0 saturated carbocycles. The smallest absolute Gasteiger partial charge is 0.267 e. The van der Waals surface area contributed by atoms with Crippen LogP contribution in [0.4, 0.5) is 5.82 Å². The first-order valence-electron chi connectivity index (χ1n) is 3.95. The number of hydrogen-bond acceptors (Lipinski definition) is 4. The highest BCUT2D eigenvalue weighted by molar-refractivity contribution is 5.91. The van der Waals surface area contributed by atoms with Gasteiger partial charge in [0.05, 0.1) is 0 Å². The molecule has 0 atom stereocenters. The second-order valence-electron chi connectivity index (χ2n) is 2.49. The summed E-state index contributed by atoms with van der Waals surface area (Å²) in [7, 11) is 0. The molecule has 1 heterocycles. The second kappa shape index (κ2) is 4.42. The molecular weight excluding hydrogens is 168 g/mol. The Balaban J connectivity index is 2.73. The predicted octanol–water partition coefficient (Wildman–Crippen LogP) is -0.449. The van der Waals surface area contributed by atoms with E-state index in [0.29, 0.717) is 18.9 Å². The van der Waals surface area contributed by atoms with Crippen LogP contribution in [0.25, 0.3) is 0 Å². The molecule has 1 aromatic rings. The van der Waals surface area contributed by atoms with E-state index in [-0.39, 0.29) is 5.69 Å². The lowest BCUT2D eigenvalue weighted by Crippen LogP contribution is -2.16. The Bertz CT molecular complexity index is 300. The second-order valence-corrected chi connectivity index (χ2v) is 2.49. The van der Waals surface area contributed by atoms with E-state index < -0.39 is 5.91 Å². The normalized spacial score (nSPS) is 9.62. The average Bonchev–Trinajstić information content (AvgIpc) is 2.15. The Morgan fingerprint density at radius 1 is 1.54 bits per heavy atom. The van der Waals surface area contributed by atoms with Gasteiger partial charge in [0, 0.05) is 13.1 Å². The molecule has 0 spiro atoms. The first kappa shape index (κ1) is 9.47. The lowest BCUT2D eigenvalue weighted by molar-refractivity contribution is 0.0995. The summed E-state index contributed by atoms with van der Waals surface area (Å²) in [6.45, 7) is 1.14. The maximum atomic E-state index is 10.7. The van der Waals surface area contributed by atoms with Gasteiger partial charge in [-0.1, -0.05) is 6.07 Å². The summed E-state index contributed by atoms with van der Waals surface area (Å²) in [5, 5.41) is 2.95. The Morgan fingerprint density at radius 3 is 2.92 bits per heavy atom. The molecule has 5 heteroatoms. The van der Waals surface area contributed by atoms with Crippen LogP contribution in [0.2, 0.25) is 0 Å². The number of nitrogens with one attached hydrogen (secondary N) is 1. The number of primary amides is 1. The van der Waals surface area contributed by atoms with E-state index in [4.69, 9.17) is 11.5 Å². The minimum atomic E-state index is -0.531. The van der Waals surface area contributed by atoms with Crippen LogP contribution in [0.3, 0.4) is 0 Å². The summed E-state index contributed by atoms with van der Waals surface area (Å²) in [6, 6.07) is 5.03. The van der Waals surface area contributed by atoms with Crippen molar-refractivity contribution in [1.82, 2.24) is 4.98 Å². The van der Waals surface area contributed by atoms with Crippen LogP contribution >= 0.6 is 0 Å². The molecular formula is C8H12N4O. The third-order valence-corrected chi connectivity index (χ3v) is 1.45. The lowest BCUT2D eigenvalue weighted by atomic mass is 10.3.